The van der Waals surface area contributed by atoms with Crippen LogP contribution in [0.25, 0.3) is 0 Å². The van der Waals surface area contributed by atoms with Crippen LogP contribution in [0.4, 0.5) is 0 Å². The molecule has 2 rings (SSSR count). The standard InChI is InChI=1S/C12H21NO4S2/c1-2-9-8-13(6-7-18-9)19(16,17)11-5-3-4-10(11)12(14)15/h9-11H,2-8H2,1H3,(H,14,15). The molecule has 0 aromatic rings. The molecule has 0 amide bonds. The molecule has 1 N–H and O–H groups in total. The molecule has 0 radical (unpaired) electrons. The Morgan fingerprint density at radius 3 is 2.79 bits per heavy atom. The van der Waals surface area contributed by atoms with Crippen LogP contribution in [0, 0.1) is 5.92 Å². The third-order valence-corrected chi connectivity index (χ3v) is 7.82. The second kappa shape index (κ2) is 6.01. The summed E-state index contributed by atoms with van der Waals surface area (Å²) in [7, 11) is -3.46. The van der Waals surface area contributed by atoms with Crippen LogP contribution in [0.5, 0.6) is 0 Å². The average Bonchev–Trinajstić information content (AvgIpc) is 2.89. The zero-order chi connectivity index (χ0) is 14.0. The van der Waals surface area contributed by atoms with Gasteiger partial charge in [-0.25, -0.2) is 8.42 Å². The van der Waals surface area contributed by atoms with E-state index in [4.69, 9.17) is 5.11 Å². The van der Waals surface area contributed by atoms with Crippen LogP contribution in [0.15, 0.2) is 0 Å². The fraction of sp³-hybridized carbons (Fsp3) is 0.917. The first kappa shape index (κ1) is 15.1. The Morgan fingerprint density at radius 2 is 2.16 bits per heavy atom. The van der Waals surface area contributed by atoms with E-state index < -0.39 is 27.2 Å². The predicted molar refractivity (Wildman–Crippen MR) is 75.8 cm³/mol. The third kappa shape index (κ3) is 3.08. The van der Waals surface area contributed by atoms with Gasteiger partial charge in [-0.15, -0.1) is 0 Å². The molecule has 2 fully saturated rings. The van der Waals surface area contributed by atoms with Crippen molar-refractivity contribution in [2.45, 2.75) is 43.1 Å². The van der Waals surface area contributed by atoms with Crippen molar-refractivity contribution in [3.8, 4) is 0 Å². The smallest absolute Gasteiger partial charge is 0.307 e. The molecule has 1 saturated heterocycles. The van der Waals surface area contributed by atoms with Gasteiger partial charge in [0.15, 0.2) is 0 Å². The molecule has 2 aliphatic rings. The van der Waals surface area contributed by atoms with E-state index in [1.54, 1.807) is 0 Å². The second-order valence-corrected chi connectivity index (χ2v) is 8.78. The maximum Gasteiger partial charge on any atom is 0.307 e. The van der Waals surface area contributed by atoms with Gasteiger partial charge >= 0.3 is 5.97 Å². The first-order valence-corrected chi connectivity index (χ1v) is 9.35. The summed E-state index contributed by atoms with van der Waals surface area (Å²) in [5, 5.41) is 8.78. The first-order chi connectivity index (χ1) is 8.96. The maximum atomic E-state index is 12.6. The van der Waals surface area contributed by atoms with E-state index in [0.717, 1.165) is 12.2 Å². The van der Waals surface area contributed by atoms with Gasteiger partial charge < -0.3 is 5.11 Å². The summed E-state index contributed by atoms with van der Waals surface area (Å²) in [6.07, 6.45) is 2.61. The van der Waals surface area contributed by atoms with Gasteiger partial charge in [-0.1, -0.05) is 13.3 Å². The molecule has 19 heavy (non-hydrogen) atoms. The number of rotatable bonds is 4. The van der Waals surface area contributed by atoms with Crippen LogP contribution < -0.4 is 0 Å². The van der Waals surface area contributed by atoms with Crippen molar-refractivity contribution < 1.29 is 18.3 Å². The van der Waals surface area contributed by atoms with Crippen LogP contribution in [0.3, 0.4) is 0 Å². The molecule has 3 atom stereocenters. The van der Waals surface area contributed by atoms with E-state index in [0.29, 0.717) is 37.6 Å². The van der Waals surface area contributed by atoms with Gasteiger partial charge in [0.2, 0.25) is 10.0 Å². The fourth-order valence-electron chi connectivity index (χ4n) is 2.93. The molecule has 1 aliphatic heterocycles. The van der Waals surface area contributed by atoms with Gasteiger partial charge in [0.25, 0.3) is 0 Å². The van der Waals surface area contributed by atoms with Crippen molar-refractivity contribution >= 4 is 27.8 Å². The van der Waals surface area contributed by atoms with Gasteiger partial charge in [0.05, 0.1) is 11.2 Å². The van der Waals surface area contributed by atoms with E-state index in [-0.39, 0.29) is 0 Å². The van der Waals surface area contributed by atoms with Gasteiger partial charge in [-0.2, -0.15) is 16.1 Å². The number of nitrogens with zero attached hydrogens (tertiary/aromatic N) is 1. The Labute approximate surface area is 118 Å². The van der Waals surface area contributed by atoms with Gasteiger partial charge in [0.1, 0.15) is 0 Å². The number of carbonyl (C=O) groups is 1. The van der Waals surface area contributed by atoms with Crippen LogP contribution in [0.2, 0.25) is 0 Å². The van der Waals surface area contributed by atoms with Crippen LogP contribution in [-0.4, -0.2) is 53.1 Å². The number of carboxylic acid groups (broad SMARTS) is 1. The lowest BCUT2D eigenvalue weighted by Crippen LogP contribution is -2.47. The molecule has 5 nitrogen and oxygen atoms in total. The molecule has 110 valence electrons. The van der Waals surface area contributed by atoms with E-state index in [9.17, 15) is 13.2 Å². The number of hydrogen-bond acceptors (Lipinski definition) is 4. The molecule has 7 heteroatoms. The van der Waals surface area contributed by atoms with Crippen molar-refractivity contribution in [2.24, 2.45) is 5.92 Å². The highest BCUT2D eigenvalue weighted by atomic mass is 32.2. The minimum Gasteiger partial charge on any atom is -0.481 e. The van der Waals surface area contributed by atoms with E-state index in [2.05, 4.69) is 6.92 Å². The monoisotopic (exact) mass is 307 g/mol. The largest absolute Gasteiger partial charge is 0.481 e. The Kier molecular flexibility index (Phi) is 4.79. The Morgan fingerprint density at radius 1 is 1.42 bits per heavy atom. The van der Waals surface area contributed by atoms with Crippen molar-refractivity contribution in [1.29, 1.82) is 0 Å². The van der Waals surface area contributed by atoms with E-state index >= 15 is 0 Å². The SMILES string of the molecule is CCC1CN(S(=O)(=O)C2CCCC2C(=O)O)CCS1. The van der Waals surface area contributed by atoms with Crippen molar-refractivity contribution in [2.75, 3.05) is 18.8 Å². The average molecular weight is 307 g/mol. The summed E-state index contributed by atoms with van der Waals surface area (Å²) in [5.41, 5.74) is 0. The Hall–Kier alpha value is -0.270. The second-order valence-electron chi connectivity index (χ2n) is 5.22. The lowest BCUT2D eigenvalue weighted by atomic mass is 10.1. The minimum atomic E-state index is -3.46. The Balaban J connectivity index is 2.15. The number of hydrogen-bond donors (Lipinski definition) is 1. The van der Waals surface area contributed by atoms with Gasteiger partial charge in [-0.3, -0.25) is 4.79 Å². The van der Waals surface area contributed by atoms with Crippen LogP contribution >= 0.6 is 11.8 Å². The van der Waals surface area contributed by atoms with Crippen molar-refractivity contribution in [1.82, 2.24) is 4.31 Å². The van der Waals surface area contributed by atoms with E-state index in [1.165, 1.54) is 4.31 Å². The summed E-state index contributed by atoms with van der Waals surface area (Å²) in [6.45, 7) is 3.11. The highest BCUT2D eigenvalue weighted by Gasteiger charge is 2.45. The summed E-state index contributed by atoms with van der Waals surface area (Å²) in [6, 6.07) is 0. The highest BCUT2D eigenvalue weighted by Crippen LogP contribution is 2.35. The summed E-state index contributed by atoms with van der Waals surface area (Å²) in [4.78, 5) is 11.2. The van der Waals surface area contributed by atoms with Crippen LogP contribution in [-0.2, 0) is 14.8 Å². The minimum absolute atomic E-state index is 0.341. The predicted octanol–water partition coefficient (Wildman–Crippen LogP) is 1.40. The topological polar surface area (TPSA) is 74.7 Å². The summed E-state index contributed by atoms with van der Waals surface area (Å²) in [5.74, 6) is -0.883. The number of thioether (sulfide) groups is 1. The zero-order valence-electron chi connectivity index (χ0n) is 11.1. The normalized spacial score (nSPS) is 33.4. The molecule has 0 aromatic carbocycles. The molecule has 3 unspecified atom stereocenters. The zero-order valence-corrected chi connectivity index (χ0v) is 12.8. The fourth-order valence-corrected chi connectivity index (χ4v) is 6.57. The molecule has 0 bridgehead atoms. The maximum absolute atomic E-state index is 12.6. The van der Waals surface area contributed by atoms with Crippen molar-refractivity contribution in [3.05, 3.63) is 0 Å². The summed E-state index contributed by atoms with van der Waals surface area (Å²) >= 11 is 1.81. The van der Waals surface area contributed by atoms with Crippen LogP contribution in [0.1, 0.15) is 32.6 Å². The third-order valence-electron chi connectivity index (χ3n) is 4.07. The molecular weight excluding hydrogens is 286 g/mol. The molecule has 0 spiro atoms. The molecular formula is C12H21NO4S2. The number of carboxylic acids is 1. The lowest BCUT2D eigenvalue weighted by Gasteiger charge is -2.33. The quantitative estimate of drug-likeness (QED) is 0.849. The number of sulfonamides is 1. The van der Waals surface area contributed by atoms with Gasteiger partial charge in [-0.05, 0) is 19.3 Å². The van der Waals surface area contributed by atoms with Gasteiger partial charge in [0, 0.05) is 24.1 Å². The molecule has 1 aliphatic carbocycles. The number of aliphatic carboxylic acids is 1. The molecule has 1 heterocycles. The highest BCUT2D eigenvalue weighted by molar-refractivity contribution is 8.00. The Bertz CT molecular complexity index is 437. The molecule has 1 saturated carbocycles. The lowest BCUT2D eigenvalue weighted by molar-refractivity contribution is -0.141. The summed E-state index contributed by atoms with van der Waals surface area (Å²) < 4.78 is 26.8. The van der Waals surface area contributed by atoms with Crippen molar-refractivity contribution in [3.63, 3.8) is 0 Å². The van der Waals surface area contributed by atoms with E-state index in [1.807, 2.05) is 11.8 Å². The molecule has 0 aromatic heterocycles. The first-order valence-electron chi connectivity index (χ1n) is 6.80.